The van der Waals surface area contributed by atoms with Gasteiger partial charge in [-0.3, -0.25) is 0 Å². The van der Waals surface area contributed by atoms with Crippen molar-refractivity contribution >= 4 is 0 Å². The quantitative estimate of drug-likeness (QED) is 0.618. The first-order chi connectivity index (χ1) is 8.90. The number of ether oxygens (including phenoxy) is 2. The van der Waals surface area contributed by atoms with E-state index < -0.39 is 17.6 Å². The standard InChI is InChI=1S/C13H12F4O2/c1-2-6-18-11-4-3-9(14)8-10(11)12(5-7-19-12)13(15,16)17/h2-4,8H,1,5-7H2/t12-/m0/s1. The van der Waals surface area contributed by atoms with E-state index in [2.05, 4.69) is 6.58 Å². The van der Waals surface area contributed by atoms with Crippen LogP contribution < -0.4 is 4.74 Å². The van der Waals surface area contributed by atoms with Crippen molar-refractivity contribution in [1.82, 2.24) is 0 Å². The molecule has 0 spiro atoms. The molecule has 1 aliphatic rings. The minimum Gasteiger partial charge on any atom is -0.489 e. The fourth-order valence-electron chi connectivity index (χ4n) is 1.99. The molecule has 1 fully saturated rings. The molecule has 0 unspecified atom stereocenters. The van der Waals surface area contributed by atoms with Gasteiger partial charge in [0.05, 0.1) is 6.61 Å². The molecule has 104 valence electrons. The summed E-state index contributed by atoms with van der Waals surface area (Å²) >= 11 is 0. The van der Waals surface area contributed by atoms with Gasteiger partial charge in [0.1, 0.15) is 18.2 Å². The van der Waals surface area contributed by atoms with Gasteiger partial charge >= 0.3 is 6.18 Å². The van der Waals surface area contributed by atoms with Crippen LogP contribution in [0.3, 0.4) is 0 Å². The van der Waals surface area contributed by atoms with Crippen LogP contribution in [-0.4, -0.2) is 19.4 Å². The van der Waals surface area contributed by atoms with Crippen molar-refractivity contribution in [3.63, 3.8) is 0 Å². The molecule has 6 heteroatoms. The van der Waals surface area contributed by atoms with E-state index >= 15 is 0 Å². The summed E-state index contributed by atoms with van der Waals surface area (Å²) in [5.41, 5.74) is -2.79. The van der Waals surface area contributed by atoms with Crippen molar-refractivity contribution in [2.24, 2.45) is 0 Å². The molecule has 1 aliphatic heterocycles. The molecule has 19 heavy (non-hydrogen) atoms. The zero-order chi connectivity index (χ0) is 14.1. The lowest BCUT2D eigenvalue weighted by atomic mass is 9.85. The third kappa shape index (κ3) is 2.32. The summed E-state index contributed by atoms with van der Waals surface area (Å²) in [6.45, 7) is 3.43. The van der Waals surface area contributed by atoms with E-state index in [-0.39, 0.29) is 30.9 Å². The molecule has 0 bridgehead atoms. The van der Waals surface area contributed by atoms with Crippen LogP contribution in [-0.2, 0) is 10.3 Å². The number of benzene rings is 1. The van der Waals surface area contributed by atoms with Crippen LogP contribution in [0.25, 0.3) is 0 Å². The van der Waals surface area contributed by atoms with Crippen LogP contribution in [0.15, 0.2) is 30.9 Å². The van der Waals surface area contributed by atoms with Crippen LogP contribution in [0.4, 0.5) is 17.6 Å². The van der Waals surface area contributed by atoms with Crippen molar-refractivity contribution in [2.45, 2.75) is 18.2 Å². The molecule has 0 saturated carbocycles. The Bertz CT molecular complexity index is 478. The van der Waals surface area contributed by atoms with Gasteiger partial charge in [0.2, 0.25) is 0 Å². The lowest BCUT2D eigenvalue weighted by Crippen LogP contribution is -2.53. The summed E-state index contributed by atoms with van der Waals surface area (Å²) in [6, 6.07) is 3.03. The molecule has 0 amide bonds. The molecule has 1 atom stereocenters. The van der Waals surface area contributed by atoms with Gasteiger partial charge in [-0.2, -0.15) is 13.2 Å². The highest BCUT2D eigenvalue weighted by Gasteiger charge is 2.62. The topological polar surface area (TPSA) is 18.5 Å². The van der Waals surface area contributed by atoms with Gasteiger partial charge in [0.25, 0.3) is 0 Å². The van der Waals surface area contributed by atoms with Crippen LogP contribution in [0.2, 0.25) is 0 Å². The monoisotopic (exact) mass is 276 g/mol. The smallest absolute Gasteiger partial charge is 0.421 e. The van der Waals surface area contributed by atoms with Crippen LogP contribution in [0.1, 0.15) is 12.0 Å². The fraction of sp³-hybridized carbons (Fsp3) is 0.385. The number of rotatable bonds is 4. The number of halogens is 4. The van der Waals surface area contributed by atoms with Gasteiger partial charge in [0.15, 0.2) is 5.60 Å². The average molecular weight is 276 g/mol. The molecule has 1 heterocycles. The van der Waals surface area contributed by atoms with Crippen LogP contribution in [0, 0.1) is 5.82 Å². The minimum absolute atomic E-state index is 0.0169. The van der Waals surface area contributed by atoms with E-state index in [1.165, 1.54) is 12.1 Å². The van der Waals surface area contributed by atoms with Gasteiger partial charge in [-0.15, -0.1) is 0 Å². The van der Waals surface area contributed by atoms with Crippen LogP contribution >= 0.6 is 0 Å². The van der Waals surface area contributed by atoms with Gasteiger partial charge in [-0.25, -0.2) is 4.39 Å². The van der Waals surface area contributed by atoms with Crippen molar-refractivity contribution in [3.05, 3.63) is 42.2 Å². The van der Waals surface area contributed by atoms with Crippen molar-refractivity contribution in [1.29, 1.82) is 0 Å². The maximum absolute atomic E-state index is 13.2. The van der Waals surface area contributed by atoms with Gasteiger partial charge < -0.3 is 9.47 Å². The molecule has 1 saturated heterocycles. The lowest BCUT2D eigenvalue weighted by Gasteiger charge is -2.43. The molecule has 0 aromatic heterocycles. The highest BCUT2D eigenvalue weighted by Crippen LogP contribution is 2.52. The Balaban J connectivity index is 2.47. The predicted molar refractivity (Wildman–Crippen MR) is 60.4 cm³/mol. The Hall–Kier alpha value is -1.56. The Labute approximate surface area is 107 Å². The second-order valence-corrected chi connectivity index (χ2v) is 4.16. The van der Waals surface area contributed by atoms with E-state index in [9.17, 15) is 17.6 Å². The molecule has 0 N–H and O–H groups in total. The molecule has 0 aliphatic carbocycles. The van der Waals surface area contributed by atoms with Gasteiger partial charge in [-0.05, 0) is 18.2 Å². The minimum atomic E-state index is -4.62. The SMILES string of the molecule is C=CCOc1ccc(F)cc1[C@]1(C(F)(F)F)CCO1. The average Bonchev–Trinajstić information content (AvgIpc) is 2.24. The van der Waals surface area contributed by atoms with E-state index in [1.807, 2.05) is 0 Å². The zero-order valence-corrected chi connectivity index (χ0v) is 9.97. The predicted octanol–water partition coefficient (Wildman–Crippen LogP) is 3.57. The second kappa shape index (κ2) is 4.85. The summed E-state index contributed by atoms with van der Waals surface area (Å²) in [5, 5.41) is 0. The molecule has 2 nitrogen and oxygen atoms in total. The van der Waals surface area contributed by atoms with E-state index in [0.29, 0.717) is 0 Å². The van der Waals surface area contributed by atoms with Crippen LogP contribution in [0.5, 0.6) is 5.75 Å². The zero-order valence-electron chi connectivity index (χ0n) is 9.97. The first-order valence-corrected chi connectivity index (χ1v) is 5.65. The van der Waals surface area contributed by atoms with Gasteiger partial charge in [0, 0.05) is 12.0 Å². The summed E-state index contributed by atoms with van der Waals surface area (Å²) in [4.78, 5) is 0. The molecular formula is C13H12F4O2. The third-order valence-electron chi connectivity index (χ3n) is 2.99. The number of hydrogen-bond donors (Lipinski definition) is 0. The highest BCUT2D eigenvalue weighted by atomic mass is 19.4. The van der Waals surface area contributed by atoms with E-state index in [4.69, 9.17) is 9.47 Å². The second-order valence-electron chi connectivity index (χ2n) is 4.16. The van der Waals surface area contributed by atoms with E-state index in [1.54, 1.807) is 0 Å². The van der Waals surface area contributed by atoms with Gasteiger partial charge in [-0.1, -0.05) is 12.7 Å². The van der Waals surface area contributed by atoms with Crippen molar-refractivity contribution < 1.29 is 27.0 Å². The summed E-state index contributed by atoms with van der Waals surface area (Å²) < 4.78 is 62.6. The normalized spacial score (nSPS) is 22.7. The maximum atomic E-state index is 13.2. The number of alkyl halides is 3. The largest absolute Gasteiger partial charge is 0.489 e. The summed E-state index contributed by atoms with van der Waals surface area (Å²) in [6.07, 6.45) is -3.47. The Kier molecular flexibility index (Phi) is 3.54. The van der Waals surface area contributed by atoms with Crippen molar-refractivity contribution in [2.75, 3.05) is 13.2 Å². The maximum Gasteiger partial charge on any atom is 0.421 e. The first kappa shape index (κ1) is 13.9. The third-order valence-corrected chi connectivity index (χ3v) is 2.99. The molecule has 2 rings (SSSR count). The lowest BCUT2D eigenvalue weighted by molar-refractivity contribution is -0.334. The summed E-state index contributed by atoms with van der Waals surface area (Å²) in [7, 11) is 0. The van der Waals surface area contributed by atoms with E-state index in [0.717, 1.165) is 12.1 Å². The molecular weight excluding hydrogens is 264 g/mol. The number of hydrogen-bond acceptors (Lipinski definition) is 2. The molecule has 1 aromatic rings. The molecule has 0 radical (unpaired) electrons. The summed E-state index contributed by atoms with van der Waals surface area (Å²) in [5.74, 6) is -0.807. The Morgan fingerprint density at radius 1 is 1.42 bits per heavy atom. The Morgan fingerprint density at radius 3 is 2.58 bits per heavy atom. The van der Waals surface area contributed by atoms with Crippen molar-refractivity contribution in [3.8, 4) is 5.75 Å². The molecule has 1 aromatic carbocycles. The fourth-order valence-corrected chi connectivity index (χ4v) is 1.99. The highest BCUT2D eigenvalue weighted by molar-refractivity contribution is 5.41. The first-order valence-electron chi connectivity index (χ1n) is 5.65. The Morgan fingerprint density at radius 2 is 2.11 bits per heavy atom.